The van der Waals surface area contributed by atoms with Crippen LogP contribution in [-0.4, -0.2) is 18.6 Å². The number of nitrogens with two attached hydrogens (primary N) is 1. The Labute approximate surface area is 109 Å². The van der Waals surface area contributed by atoms with Crippen LogP contribution in [-0.2, 0) is 4.79 Å². The highest BCUT2D eigenvalue weighted by molar-refractivity contribution is 5.32. The van der Waals surface area contributed by atoms with E-state index in [9.17, 15) is 0 Å². The van der Waals surface area contributed by atoms with Crippen LogP contribution in [0.4, 0.5) is 0 Å². The maximum absolute atomic E-state index is 8.36. The van der Waals surface area contributed by atoms with Gasteiger partial charge in [0.25, 0.3) is 6.47 Å². The van der Waals surface area contributed by atoms with Crippen LogP contribution in [0.15, 0.2) is 0 Å². The summed E-state index contributed by atoms with van der Waals surface area (Å²) in [6, 6.07) is 0. The summed E-state index contributed by atoms with van der Waals surface area (Å²) < 4.78 is 0. The van der Waals surface area contributed by atoms with E-state index in [1.165, 1.54) is 58.4 Å². The van der Waals surface area contributed by atoms with Crippen LogP contribution in [0.25, 0.3) is 0 Å². The number of hydrogen-bond donors (Lipinski definition) is 2. The molecule has 1 rings (SSSR count). The van der Waals surface area contributed by atoms with Gasteiger partial charge in [0.2, 0.25) is 0 Å². The van der Waals surface area contributed by atoms with Crippen LogP contribution in [0.5, 0.6) is 0 Å². The summed E-state index contributed by atoms with van der Waals surface area (Å²) in [6.07, 6.45) is 11.6. The Morgan fingerprint density at radius 1 is 0.941 bits per heavy atom. The second kappa shape index (κ2) is 45.2. The van der Waals surface area contributed by atoms with Gasteiger partial charge in [0.05, 0.1) is 0 Å². The molecule has 1 aliphatic carbocycles. The molecule has 3 nitrogen and oxygen atoms in total. The Morgan fingerprint density at radius 2 is 1.12 bits per heavy atom. The Balaban J connectivity index is -0.0000000667. The highest BCUT2D eigenvalue weighted by Gasteiger charge is 1.95. The molecule has 3 heteroatoms. The number of carboxylic acid groups (broad SMARTS) is 1. The van der Waals surface area contributed by atoms with Crippen molar-refractivity contribution in [3.05, 3.63) is 0 Å². The van der Waals surface area contributed by atoms with Crippen molar-refractivity contribution in [1.29, 1.82) is 0 Å². The molecule has 0 radical (unpaired) electrons. The molecule has 0 heterocycles. The molecule has 17 heavy (non-hydrogen) atoms. The maximum atomic E-state index is 8.36. The second-order valence-corrected chi connectivity index (χ2v) is 3.23. The van der Waals surface area contributed by atoms with Crippen LogP contribution in [0.1, 0.15) is 79.1 Å². The highest BCUT2D eigenvalue weighted by Crippen LogP contribution is 2.15. The molecule has 0 amide bonds. The van der Waals surface area contributed by atoms with Crippen molar-refractivity contribution in [2.24, 2.45) is 5.73 Å². The molecule has 0 aromatic carbocycles. The molecule has 1 saturated carbocycles. The molecule has 0 aliphatic heterocycles. The Bertz CT molecular complexity index is 74.7. The molecule has 0 spiro atoms. The topological polar surface area (TPSA) is 63.3 Å². The summed E-state index contributed by atoms with van der Waals surface area (Å²) in [7, 11) is 1.50. The van der Waals surface area contributed by atoms with E-state index in [0.717, 1.165) is 0 Å². The van der Waals surface area contributed by atoms with E-state index in [-0.39, 0.29) is 6.47 Å². The molecule has 0 aromatic heterocycles. The van der Waals surface area contributed by atoms with Crippen molar-refractivity contribution in [3.63, 3.8) is 0 Å². The van der Waals surface area contributed by atoms with Gasteiger partial charge in [0.1, 0.15) is 0 Å². The zero-order valence-electron chi connectivity index (χ0n) is 12.7. The first-order chi connectivity index (χ1) is 8.33. The first-order valence-electron chi connectivity index (χ1n) is 6.99. The van der Waals surface area contributed by atoms with Crippen molar-refractivity contribution < 1.29 is 9.90 Å². The van der Waals surface area contributed by atoms with E-state index in [2.05, 4.69) is 19.6 Å². The third-order valence-electron chi connectivity index (χ3n) is 1.96. The van der Waals surface area contributed by atoms with E-state index >= 15 is 0 Å². The Hall–Kier alpha value is -0.570. The quantitative estimate of drug-likeness (QED) is 0.711. The minimum absolute atomic E-state index is 0.250. The van der Waals surface area contributed by atoms with Gasteiger partial charge in [-0.15, -0.1) is 0 Å². The number of unbranched alkanes of at least 4 members (excludes halogenated alkanes) is 2. The molecule has 1 fully saturated rings. The smallest absolute Gasteiger partial charge is 0.290 e. The van der Waals surface area contributed by atoms with E-state index in [1.54, 1.807) is 0 Å². The Morgan fingerprint density at radius 3 is 1.18 bits per heavy atom. The van der Waals surface area contributed by atoms with E-state index < -0.39 is 0 Å². The van der Waals surface area contributed by atoms with Crippen LogP contribution >= 0.6 is 0 Å². The summed E-state index contributed by atoms with van der Waals surface area (Å²) in [5.74, 6) is 0. The van der Waals surface area contributed by atoms with Crippen molar-refractivity contribution in [1.82, 2.24) is 0 Å². The van der Waals surface area contributed by atoms with Gasteiger partial charge in [0.15, 0.2) is 0 Å². The van der Waals surface area contributed by atoms with Gasteiger partial charge >= 0.3 is 0 Å². The fourth-order valence-electron chi connectivity index (χ4n) is 1.24. The maximum Gasteiger partial charge on any atom is 0.290 e. The van der Waals surface area contributed by atoms with Crippen molar-refractivity contribution in [2.45, 2.75) is 79.1 Å². The minimum atomic E-state index is -0.250. The fraction of sp³-hybridized carbons (Fsp3) is 0.929. The summed E-state index contributed by atoms with van der Waals surface area (Å²) in [6.45, 7) is 8.17. The molecule has 1 aliphatic rings. The lowest BCUT2D eigenvalue weighted by Gasteiger charge is -1.79. The first-order valence-corrected chi connectivity index (χ1v) is 6.99. The zero-order chi connectivity index (χ0) is 14.4. The molecular weight excluding hydrogens is 214 g/mol. The molecule has 0 aromatic rings. The normalized spacial score (nSPS) is 10.9. The Kier molecular flexibility index (Phi) is 67.3. The van der Waals surface area contributed by atoms with Crippen molar-refractivity contribution >= 4 is 6.47 Å². The van der Waals surface area contributed by atoms with Gasteiger partial charge in [-0.2, -0.15) is 0 Å². The van der Waals surface area contributed by atoms with Crippen LogP contribution in [0.2, 0.25) is 0 Å². The summed E-state index contributed by atoms with van der Waals surface area (Å²) in [4.78, 5) is 8.36. The highest BCUT2D eigenvalue weighted by atomic mass is 16.3. The lowest BCUT2D eigenvalue weighted by molar-refractivity contribution is -0.122. The van der Waals surface area contributed by atoms with Crippen molar-refractivity contribution in [2.75, 3.05) is 7.05 Å². The molecule has 0 unspecified atom stereocenters. The van der Waals surface area contributed by atoms with Gasteiger partial charge in [0, 0.05) is 0 Å². The predicted octanol–water partition coefficient (Wildman–Crippen LogP) is 4.45. The van der Waals surface area contributed by atoms with Crippen LogP contribution in [0.3, 0.4) is 0 Å². The number of carbonyl (C=O) groups is 1. The van der Waals surface area contributed by atoms with E-state index in [0.29, 0.717) is 0 Å². The van der Waals surface area contributed by atoms with E-state index in [4.69, 9.17) is 9.90 Å². The number of rotatable bonds is 2. The average Bonchev–Trinajstić information content (AvgIpc) is 2.95. The predicted molar refractivity (Wildman–Crippen MR) is 78.4 cm³/mol. The van der Waals surface area contributed by atoms with Crippen LogP contribution in [0, 0.1) is 0 Å². The molecule has 0 saturated heterocycles. The molecule has 0 bridgehead atoms. The zero-order valence-corrected chi connectivity index (χ0v) is 12.7. The third kappa shape index (κ3) is 67.3. The van der Waals surface area contributed by atoms with Gasteiger partial charge in [-0.3, -0.25) is 4.79 Å². The SMILES string of the molecule is C1CCCC1.CC.CCCCC.CN.O=CO. The first kappa shape index (κ1) is 25.3. The van der Waals surface area contributed by atoms with Gasteiger partial charge < -0.3 is 10.8 Å². The monoisotopic (exact) mass is 249 g/mol. The molecule has 3 N–H and O–H groups in total. The minimum Gasteiger partial charge on any atom is -0.483 e. The van der Waals surface area contributed by atoms with Gasteiger partial charge in [-0.05, 0) is 7.05 Å². The lowest BCUT2D eigenvalue weighted by atomic mass is 10.3. The lowest BCUT2D eigenvalue weighted by Crippen LogP contribution is -1.69. The summed E-state index contributed by atoms with van der Waals surface area (Å²) >= 11 is 0. The van der Waals surface area contributed by atoms with Crippen LogP contribution < -0.4 is 5.73 Å². The van der Waals surface area contributed by atoms with Crippen molar-refractivity contribution in [3.8, 4) is 0 Å². The third-order valence-corrected chi connectivity index (χ3v) is 1.96. The average molecular weight is 249 g/mol. The van der Waals surface area contributed by atoms with Gasteiger partial charge in [-0.1, -0.05) is 79.1 Å². The van der Waals surface area contributed by atoms with Gasteiger partial charge in [-0.25, -0.2) is 0 Å². The van der Waals surface area contributed by atoms with E-state index in [1.807, 2.05) is 13.8 Å². The fourth-order valence-corrected chi connectivity index (χ4v) is 1.24. The summed E-state index contributed by atoms with van der Waals surface area (Å²) in [5, 5.41) is 6.89. The standard InChI is InChI=1S/C5H10.C5H12.C2H6.CH5N.CH2O2/c1-2-4-5-3-1;1-3-5-4-2;2*1-2;2-1-3/h1-5H2;3-5H2,1-2H3;1-2H3;2H2,1H3;1H,(H,2,3). The largest absolute Gasteiger partial charge is 0.483 e. The summed E-state index contributed by atoms with van der Waals surface area (Å²) in [5.41, 5.74) is 4.50. The molecule has 108 valence electrons. The number of hydrogen-bond acceptors (Lipinski definition) is 2. The molecular formula is C14H35NO2. The second-order valence-electron chi connectivity index (χ2n) is 3.23. The molecule has 0 atom stereocenters.